The number of rotatable bonds is 7. The number of nitrogens with zero attached hydrogens (tertiary/aromatic N) is 3. The summed E-state index contributed by atoms with van der Waals surface area (Å²) in [6, 6.07) is 6.45. The molecule has 0 aliphatic carbocycles. The number of hydrogen-bond donors (Lipinski definition) is 1. The average Bonchev–Trinajstić information content (AvgIpc) is 3.22. The Labute approximate surface area is 171 Å². The molecule has 2 aliphatic rings. The van der Waals surface area contributed by atoms with Crippen molar-refractivity contribution in [2.24, 2.45) is 5.92 Å². The Balaban J connectivity index is 1.18. The second-order valence-corrected chi connectivity index (χ2v) is 8.34. The number of aromatic nitrogens is 2. The number of anilines is 1. The predicted octanol–water partition coefficient (Wildman–Crippen LogP) is 3.55. The van der Waals surface area contributed by atoms with E-state index >= 15 is 0 Å². The van der Waals surface area contributed by atoms with Crippen molar-refractivity contribution in [2.75, 3.05) is 31.1 Å². The molecule has 1 saturated heterocycles. The SMILES string of the molecule is CC(C)c1noc(N2CCC(CCCOc3ccc4c(c3)CCNC4=O)CC2)n1. The van der Waals surface area contributed by atoms with E-state index in [0.717, 1.165) is 67.4 Å². The Morgan fingerprint density at radius 2 is 2.14 bits per heavy atom. The monoisotopic (exact) mass is 398 g/mol. The van der Waals surface area contributed by atoms with Crippen molar-refractivity contribution in [1.82, 2.24) is 15.5 Å². The van der Waals surface area contributed by atoms with E-state index in [4.69, 9.17) is 9.26 Å². The van der Waals surface area contributed by atoms with Gasteiger partial charge in [-0.15, -0.1) is 0 Å². The van der Waals surface area contributed by atoms with Gasteiger partial charge in [-0.25, -0.2) is 0 Å². The minimum atomic E-state index is 0.0186. The molecule has 0 atom stereocenters. The summed E-state index contributed by atoms with van der Waals surface area (Å²) in [7, 11) is 0. The Morgan fingerprint density at radius 1 is 1.31 bits per heavy atom. The molecule has 0 unspecified atom stereocenters. The maximum atomic E-state index is 11.8. The summed E-state index contributed by atoms with van der Waals surface area (Å²) in [6.07, 6.45) is 5.37. The van der Waals surface area contributed by atoms with Gasteiger partial charge in [0.2, 0.25) is 0 Å². The van der Waals surface area contributed by atoms with Crippen LogP contribution in [-0.4, -0.2) is 42.3 Å². The minimum Gasteiger partial charge on any atom is -0.494 e. The van der Waals surface area contributed by atoms with Crippen molar-refractivity contribution in [3.05, 3.63) is 35.2 Å². The molecule has 7 heteroatoms. The number of nitrogens with one attached hydrogen (secondary N) is 1. The van der Waals surface area contributed by atoms with Gasteiger partial charge in [0.25, 0.3) is 5.91 Å². The Morgan fingerprint density at radius 3 is 2.90 bits per heavy atom. The van der Waals surface area contributed by atoms with Gasteiger partial charge in [0.15, 0.2) is 5.82 Å². The molecule has 29 heavy (non-hydrogen) atoms. The van der Waals surface area contributed by atoms with E-state index in [2.05, 4.69) is 34.2 Å². The Bertz CT molecular complexity index is 840. The van der Waals surface area contributed by atoms with Crippen LogP contribution in [0.2, 0.25) is 0 Å². The zero-order chi connectivity index (χ0) is 20.2. The number of benzene rings is 1. The third kappa shape index (κ3) is 4.71. The van der Waals surface area contributed by atoms with Crippen LogP contribution in [0.4, 0.5) is 6.01 Å². The van der Waals surface area contributed by atoms with E-state index < -0.39 is 0 Å². The molecule has 1 aromatic heterocycles. The second kappa shape index (κ2) is 8.84. The molecule has 1 aromatic carbocycles. The maximum Gasteiger partial charge on any atom is 0.324 e. The van der Waals surface area contributed by atoms with Crippen LogP contribution < -0.4 is 15.0 Å². The highest BCUT2D eigenvalue weighted by Gasteiger charge is 2.23. The predicted molar refractivity (Wildman–Crippen MR) is 111 cm³/mol. The highest BCUT2D eigenvalue weighted by atomic mass is 16.5. The van der Waals surface area contributed by atoms with Crippen LogP contribution in [0.25, 0.3) is 0 Å². The Kier molecular flexibility index (Phi) is 6.02. The van der Waals surface area contributed by atoms with E-state index in [1.807, 2.05) is 18.2 Å². The molecular formula is C22H30N4O3. The van der Waals surface area contributed by atoms with Crippen LogP contribution in [0.1, 0.15) is 67.2 Å². The van der Waals surface area contributed by atoms with Gasteiger partial charge in [0.05, 0.1) is 6.61 Å². The van der Waals surface area contributed by atoms with Crippen molar-refractivity contribution in [2.45, 2.75) is 51.9 Å². The van der Waals surface area contributed by atoms with Crippen molar-refractivity contribution >= 4 is 11.9 Å². The molecule has 7 nitrogen and oxygen atoms in total. The topological polar surface area (TPSA) is 80.5 Å². The fourth-order valence-electron chi connectivity index (χ4n) is 4.06. The minimum absolute atomic E-state index is 0.0186. The molecule has 4 rings (SSSR count). The third-order valence-electron chi connectivity index (χ3n) is 5.86. The quantitative estimate of drug-likeness (QED) is 0.719. The molecule has 156 valence electrons. The summed E-state index contributed by atoms with van der Waals surface area (Å²) in [4.78, 5) is 18.5. The highest BCUT2D eigenvalue weighted by molar-refractivity contribution is 5.96. The fraction of sp³-hybridized carbons (Fsp3) is 0.591. The highest BCUT2D eigenvalue weighted by Crippen LogP contribution is 2.26. The van der Waals surface area contributed by atoms with Gasteiger partial charge in [0, 0.05) is 31.1 Å². The Hall–Kier alpha value is -2.57. The maximum absolute atomic E-state index is 11.8. The summed E-state index contributed by atoms with van der Waals surface area (Å²) in [5, 5.41) is 6.93. The average molecular weight is 399 g/mol. The first kappa shape index (κ1) is 19.7. The van der Waals surface area contributed by atoms with Gasteiger partial charge < -0.3 is 19.5 Å². The van der Waals surface area contributed by atoms with E-state index in [1.54, 1.807) is 0 Å². The van der Waals surface area contributed by atoms with Crippen molar-refractivity contribution in [3.63, 3.8) is 0 Å². The number of carbonyl (C=O) groups excluding carboxylic acids is 1. The lowest BCUT2D eigenvalue weighted by Crippen LogP contribution is -2.34. The molecule has 2 aliphatic heterocycles. The largest absolute Gasteiger partial charge is 0.494 e. The molecule has 0 bridgehead atoms. The molecular weight excluding hydrogens is 368 g/mol. The molecule has 0 saturated carbocycles. The summed E-state index contributed by atoms with van der Waals surface area (Å²) < 4.78 is 11.4. The molecule has 3 heterocycles. The second-order valence-electron chi connectivity index (χ2n) is 8.34. The first-order chi connectivity index (χ1) is 14.1. The van der Waals surface area contributed by atoms with Gasteiger partial charge >= 0.3 is 6.01 Å². The molecule has 1 N–H and O–H groups in total. The number of ether oxygens (including phenoxy) is 1. The lowest BCUT2D eigenvalue weighted by atomic mass is 9.92. The number of hydrogen-bond acceptors (Lipinski definition) is 6. The molecule has 1 fully saturated rings. The van der Waals surface area contributed by atoms with Gasteiger partial charge in [-0.1, -0.05) is 19.0 Å². The van der Waals surface area contributed by atoms with Crippen LogP contribution in [0.5, 0.6) is 5.75 Å². The van der Waals surface area contributed by atoms with E-state index in [1.165, 1.54) is 6.42 Å². The van der Waals surface area contributed by atoms with Crippen LogP contribution in [0.3, 0.4) is 0 Å². The summed E-state index contributed by atoms with van der Waals surface area (Å²) in [5.74, 6) is 2.67. The first-order valence-corrected chi connectivity index (χ1v) is 10.7. The molecule has 1 amide bonds. The van der Waals surface area contributed by atoms with Gasteiger partial charge in [-0.3, -0.25) is 4.79 Å². The fourth-order valence-corrected chi connectivity index (χ4v) is 4.06. The van der Waals surface area contributed by atoms with Crippen molar-refractivity contribution in [3.8, 4) is 5.75 Å². The van der Waals surface area contributed by atoms with E-state index in [9.17, 15) is 4.79 Å². The third-order valence-corrected chi connectivity index (χ3v) is 5.86. The standard InChI is InChI=1S/C22H30N4O3/c1-15(2)20-24-22(29-25-20)26-11-8-16(9-12-26)4-3-13-28-18-5-6-19-17(14-18)7-10-23-21(19)27/h5-6,14-16H,3-4,7-13H2,1-2H3,(H,23,27). The van der Waals surface area contributed by atoms with Crippen molar-refractivity contribution in [1.29, 1.82) is 0 Å². The summed E-state index contributed by atoms with van der Waals surface area (Å²) in [6.45, 7) is 7.51. The molecule has 0 radical (unpaired) electrons. The zero-order valence-electron chi connectivity index (χ0n) is 17.3. The number of piperidine rings is 1. The number of fused-ring (bicyclic) bond motifs is 1. The van der Waals surface area contributed by atoms with Crippen molar-refractivity contribution < 1.29 is 14.1 Å². The zero-order valence-corrected chi connectivity index (χ0v) is 17.3. The summed E-state index contributed by atoms with van der Waals surface area (Å²) >= 11 is 0. The normalized spacial score (nSPS) is 17.3. The lowest BCUT2D eigenvalue weighted by Gasteiger charge is -2.30. The molecule has 2 aromatic rings. The number of amides is 1. The lowest BCUT2D eigenvalue weighted by molar-refractivity contribution is 0.0946. The van der Waals surface area contributed by atoms with Gasteiger partial charge in [-0.2, -0.15) is 4.98 Å². The summed E-state index contributed by atoms with van der Waals surface area (Å²) in [5.41, 5.74) is 1.86. The van der Waals surface area contributed by atoms with Crippen LogP contribution >= 0.6 is 0 Å². The van der Waals surface area contributed by atoms with E-state index in [0.29, 0.717) is 19.2 Å². The first-order valence-electron chi connectivity index (χ1n) is 10.7. The van der Waals surface area contributed by atoms with E-state index in [-0.39, 0.29) is 11.8 Å². The number of carbonyl (C=O) groups is 1. The van der Waals surface area contributed by atoms with Crippen LogP contribution in [-0.2, 0) is 6.42 Å². The molecule has 0 spiro atoms. The van der Waals surface area contributed by atoms with Gasteiger partial charge in [0.1, 0.15) is 5.75 Å². The van der Waals surface area contributed by atoms with Crippen LogP contribution in [0.15, 0.2) is 22.7 Å². The van der Waals surface area contributed by atoms with Crippen LogP contribution in [0, 0.1) is 5.92 Å². The smallest absolute Gasteiger partial charge is 0.324 e. The van der Waals surface area contributed by atoms with Gasteiger partial charge in [-0.05, 0) is 61.8 Å².